The number of nitrogens with one attached hydrogen (secondary N) is 1. The molecule has 0 spiro atoms. The van der Waals surface area contributed by atoms with Crippen LogP contribution in [0.2, 0.25) is 0 Å². The van der Waals surface area contributed by atoms with Gasteiger partial charge in [-0.2, -0.15) is 0 Å². The van der Waals surface area contributed by atoms with Crippen LogP contribution in [0.15, 0.2) is 24.3 Å². The van der Waals surface area contributed by atoms with Gasteiger partial charge >= 0.3 is 0 Å². The predicted molar refractivity (Wildman–Crippen MR) is 92.4 cm³/mol. The number of rotatable bonds is 5. The first-order valence-electron chi connectivity index (χ1n) is 7.33. The highest BCUT2D eigenvalue weighted by atomic mass is 35.5. The van der Waals surface area contributed by atoms with Gasteiger partial charge in [0.2, 0.25) is 0 Å². The monoisotopic (exact) mass is 318 g/mol. The van der Waals surface area contributed by atoms with Crippen LogP contribution < -0.4 is 5.32 Å². The first-order chi connectivity index (χ1) is 8.83. The molecule has 20 heavy (non-hydrogen) atoms. The third-order valence-electron chi connectivity index (χ3n) is 3.97. The minimum atomic E-state index is 0. The molecule has 1 aromatic rings. The highest BCUT2D eigenvalue weighted by molar-refractivity contribution is 5.85. The molecule has 4 heteroatoms. The maximum absolute atomic E-state index is 3.45. The molecular weight excluding hydrogens is 291 g/mol. The Morgan fingerprint density at radius 2 is 1.80 bits per heavy atom. The van der Waals surface area contributed by atoms with Gasteiger partial charge in [-0.3, -0.25) is 4.90 Å². The van der Waals surface area contributed by atoms with Gasteiger partial charge in [0.25, 0.3) is 0 Å². The number of hydrogen-bond donors (Lipinski definition) is 1. The van der Waals surface area contributed by atoms with Crippen molar-refractivity contribution in [2.24, 2.45) is 0 Å². The Hall–Kier alpha value is -0.280. The number of nitrogens with zero attached hydrogens (tertiary/aromatic N) is 1. The van der Waals surface area contributed by atoms with E-state index in [9.17, 15) is 0 Å². The van der Waals surface area contributed by atoms with E-state index in [1.165, 1.54) is 43.5 Å². The Bertz CT molecular complexity index is 365. The van der Waals surface area contributed by atoms with E-state index in [1.54, 1.807) is 0 Å². The van der Waals surface area contributed by atoms with Crippen molar-refractivity contribution in [1.29, 1.82) is 0 Å². The van der Waals surface area contributed by atoms with E-state index in [2.05, 4.69) is 48.3 Å². The molecule has 0 aromatic heterocycles. The summed E-state index contributed by atoms with van der Waals surface area (Å²) in [6, 6.07) is 9.51. The molecule has 1 N–H and O–H groups in total. The van der Waals surface area contributed by atoms with E-state index in [0.717, 1.165) is 13.1 Å². The smallest absolute Gasteiger partial charge is 0.0351 e. The summed E-state index contributed by atoms with van der Waals surface area (Å²) in [5, 5.41) is 3.45. The summed E-state index contributed by atoms with van der Waals surface area (Å²) in [6.45, 7) is 9.16. The zero-order valence-corrected chi connectivity index (χ0v) is 14.2. The molecule has 1 aromatic carbocycles. The Labute approximate surface area is 136 Å². The SMILES string of the molecule is CCCC[C@@H](c1ccccc1C)N1CCNCC1.Cl.Cl. The molecule has 1 heterocycles. The molecule has 0 saturated carbocycles. The van der Waals surface area contributed by atoms with Gasteiger partial charge in [-0.15, -0.1) is 24.8 Å². The maximum Gasteiger partial charge on any atom is 0.0351 e. The van der Waals surface area contributed by atoms with E-state index in [0.29, 0.717) is 6.04 Å². The second-order valence-corrected chi connectivity index (χ2v) is 5.30. The summed E-state index contributed by atoms with van der Waals surface area (Å²) in [5.41, 5.74) is 2.98. The van der Waals surface area contributed by atoms with Gasteiger partial charge in [0, 0.05) is 32.2 Å². The number of hydrogen-bond acceptors (Lipinski definition) is 2. The van der Waals surface area contributed by atoms with Gasteiger partial charge < -0.3 is 5.32 Å². The molecule has 1 fully saturated rings. The van der Waals surface area contributed by atoms with Crippen LogP contribution in [0.5, 0.6) is 0 Å². The number of aryl methyl sites for hydroxylation is 1. The normalized spacial score (nSPS) is 16.9. The van der Waals surface area contributed by atoms with Crippen molar-refractivity contribution < 1.29 is 0 Å². The quantitative estimate of drug-likeness (QED) is 0.883. The lowest BCUT2D eigenvalue weighted by atomic mass is 9.95. The lowest BCUT2D eigenvalue weighted by Crippen LogP contribution is -2.45. The summed E-state index contributed by atoms with van der Waals surface area (Å²) >= 11 is 0. The second kappa shape index (κ2) is 10.4. The average Bonchev–Trinajstić information content (AvgIpc) is 2.42. The zero-order chi connectivity index (χ0) is 12.8. The number of unbranched alkanes of at least 4 members (excludes halogenated alkanes) is 1. The molecule has 0 amide bonds. The van der Waals surface area contributed by atoms with Crippen molar-refractivity contribution in [3.63, 3.8) is 0 Å². The van der Waals surface area contributed by atoms with Crippen LogP contribution in [0.3, 0.4) is 0 Å². The summed E-state index contributed by atoms with van der Waals surface area (Å²) in [5.74, 6) is 0. The summed E-state index contributed by atoms with van der Waals surface area (Å²) in [6.07, 6.45) is 3.90. The van der Waals surface area contributed by atoms with Gasteiger partial charge in [-0.05, 0) is 24.5 Å². The maximum atomic E-state index is 3.45. The highest BCUT2D eigenvalue weighted by Crippen LogP contribution is 2.28. The Balaban J connectivity index is 0.00000180. The van der Waals surface area contributed by atoms with Crippen LogP contribution in [-0.2, 0) is 0 Å². The van der Waals surface area contributed by atoms with Crippen molar-refractivity contribution in [1.82, 2.24) is 10.2 Å². The van der Waals surface area contributed by atoms with Crippen LogP contribution in [0.25, 0.3) is 0 Å². The van der Waals surface area contributed by atoms with Gasteiger partial charge in [-0.25, -0.2) is 0 Å². The molecule has 1 aliphatic heterocycles. The van der Waals surface area contributed by atoms with Crippen molar-refractivity contribution in [2.75, 3.05) is 26.2 Å². The summed E-state index contributed by atoms with van der Waals surface area (Å²) in [4.78, 5) is 2.66. The molecular formula is C16H28Cl2N2. The fourth-order valence-electron chi connectivity index (χ4n) is 2.89. The van der Waals surface area contributed by atoms with Crippen LogP contribution in [0.4, 0.5) is 0 Å². The van der Waals surface area contributed by atoms with Crippen LogP contribution in [0.1, 0.15) is 43.4 Å². The van der Waals surface area contributed by atoms with Crippen molar-refractivity contribution >= 4 is 24.8 Å². The zero-order valence-electron chi connectivity index (χ0n) is 12.6. The van der Waals surface area contributed by atoms with E-state index >= 15 is 0 Å². The third-order valence-corrected chi connectivity index (χ3v) is 3.97. The molecule has 1 atom stereocenters. The lowest BCUT2D eigenvalue weighted by molar-refractivity contribution is 0.162. The van der Waals surface area contributed by atoms with Crippen LogP contribution in [-0.4, -0.2) is 31.1 Å². The molecule has 2 nitrogen and oxygen atoms in total. The van der Waals surface area contributed by atoms with Gasteiger partial charge in [0.05, 0.1) is 0 Å². The lowest BCUT2D eigenvalue weighted by Gasteiger charge is -2.36. The number of piperazine rings is 1. The molecule has 0 unspecified atom stereocenters. The molecule has 1 saturated heterocycles. The van der Waals surface area contributed by atoms with Gasteiger partial charge in [0.15, 0.2) is 0 Å². The fraction of sp³-hybridized carbons (Fsp3) is 0.625. The van der Waals surface area contributed by atoms with E-state index < -0.39 is 0 Å². The largest absolute Gasteiger partial charge is 0.314 e. The Kier molecular flexibility index (Phi) is 10.3. The Morgan fingerprint density at radius 3 is 2.40 bits per heavy atom. The summed E-state index contributed by atoms with van der Waals surface area (Å²) < 4.78 is 0. The van der Waals surface area contributed by atoms with E-state index in [-0.39, 0.29) is 24.8 Å². The van der Waals surface area contributed by atoms with Crippen LogP contribution >= 0.6 is 24.8 Å². The molecule has 1 aliphatic rings. The van der Waals surface area contributed by atoms with Crippen molar-refractivity contribution in [3.8, 4) is 0 Å². The van der Waals surface area contributed by atoms with Crippen molar-refractivity contribution in [2.45, 2.75) is 39.2 Å². The van der Waals surface area contributed by atoms with E-state index in [4.69, 9.17) is 0 Å². The minimum absolute atomic E-state index is 0. The van der Waals surface area contributed by atoms with E-state index in [1.807, 2.05) is 0 Å². The predicted octanol–water partition coefficient (Wildman–Crippen LogP) is 3.98. The number of benzene rings is 1. The first kappa shape index (κ1) is 19.7. The molecule has 0 radical (unpaired) electrons. The third kappa shape index (κ3) is 5.25. The summed E-state index contributed by atoms with van der Waals surface area (Å²) in [7, 11) is 0. The average molecular weight is 319 g/mol. The first-order valence-corrected chi connectivity index (χ1v) is 7.33. The minimum Gasteiger partial charge on any atom is -0.314 e. The topological polar surface area (TPSA) is 15.3 Å². The molecule has 116 valence electrons. The fourth-order valence-corrected chi connectivity index (χ4v) is 2.89. The number of halogens is 2. The molecule has 0 aliphatic carbocycles. The van der Waals surface area contributed by atoms with Gasteiger partial charge in [-0.1, -0.05) is 44.0 Å². The highest BCUT2D eigenvalue weighted by Gasteiger charge is 2.22. The van der Waals surface area contributed by atoms with Crippen molar-refractivity contribution in [3.05, 3.63) is 35.4 Å². The standard InChI is InChI=1S/C16H26N2.2ClH/c1-3-4-9-16(18-12-10-17-11-13-18)15-8-6-5-7-14(15)2;;/h5-8,16-17H,3-4,9-13H2,1-2H3;2*1H/t16-;;/m0../s1. The van der Waals surface area contributed by atoms with Crippen LogP contribution in [0, 0.1) is 6.92 Å². The van der Waals surface area contributed by atoms with Gasteiger partial charge in [0.1, 0.15) is 0 Å². The second-order valence-electron chi connectivity index (χ2n) is 5.30. The Morgan fingerprint density at radius 1 is 1.15 bits per heavy atom. The molecule has 2 rings (SSSR count). The molecule has 0 bridgehead atoms.